The molecule has 11 heteroatoms. The monoisotopic (exact) mass is 489 g/mol. The number of H-pyrrole nitrogens is 1. The van der Waals surface area contributed by atoms with E-state index in [1.54, 1.807) is 13.2 Å². The number of para-hydroxylation sites is 1. The average Bonchev–Trinajstić information content (AvgIpc) is 3.19. The minimum Gasteiger partial charge on any atom is -0.390 e. The number of primary amides is 1. The second-order valence-electron chi connectivity index (χ2n) is 9.62. The molecule has 0 bridgehead atoms. The van der Waals surface area contributed by atoms with Crippen LogP contribution in [0.15, 0.2) is 30.5 Å². The van der Waals surface area contributed by atoms with Gasteiger partial charge in [-0.15, -0.1) is 0 Å². The van der Waals surface area contributed by atoms with Crippen LogP contribution in [0.3, 0.4) is 0 Å². The Morgan fingerprint density at radius 2 is 1.89 bits per heavy atom. The van der Waals surface area contributed by atoms with Gasteiger partial charge >= 0.3 is 0 Å². The van der Waals surface area contributed by atoms with Crippen molar-refractivity contribution in [2.45, 2.75) is 69.0 Å². The van der Waals surface area contributed by atoms with Crippen molar-refractivity contribution in [3.05, 3.63) is 36.0 Å². The van der Waals surface area contributed by atoms with Crippen molar-refractivity contribution in [2.75, 3.05) is 7.05 Å². The molecule has 1 saturated carbocycles. The number of hydrogen-bond acceptors (Lipinski definition) is 7. The zero-order chi connectivity index (χ0) is 25.9. The highest BCUT2D eigenvalue weighted by molar-refractivity contribution is 5.92. The number of amides is 3. The lowest BCUT2D eigenvalue weighted by atomic mass is 9.77. The van der Waals surface area contributed by atoms with E-state index in [0.29, 0.717) is 0 Å². The number of benzene rings is 1. The second kappa shape index (κ2) is 10.7. The molecule has 1 aliphatic rings. The van der Waals surface area contributed by atoms with Gasteiger partial charge in [-0.05, 0) is 24.6 Å². The number of nitrogens with one attached hydrogen (secondary N) is 4. The summed E-state index contributed by atoms with van der Waals surface area (Å²) in [5, 5.41) is 40.8. The molecule has 1 aliphatic carbocycles. The fourth-order valence-electron chi connectivity index (χ4n) is 4.70. The number of aromatic amines is 1. The third-order valence-electron chi connectivity index (χ3n) is 6.67. The summed E-state index contributed by atoms with van der Waals surface area (Å²) in [6.07, 6.45) is -1.86. The largest absolute Gasteiger partial charge is 0.390 e. The summed E-state index contributed by atoms with van der Waals surface area (Å²) in [7, 11) is 1.62. The number of aliphatic hydroxyl groups excluding tert-OH is 2. The predicted octanol–water partition coefficient (Wildman–Crippen LogP) is -1.34. The predicted molar refractivity (Wildman–Crippen MR) is 129 cm³/mol. The van der Waals surface area contributed by atoms with Crippen molar-refractivity contribution in [1.82, 2.24) is 20.9 Å². The number of carbonyl (C=O) groups is 3. The molecule has 192 valence electrons. The molecule has 35 heavy (non-hydrogen) atoms. The minimum absolute atomic E-state index is 0.0614. The summed E-state index contributed by atoms with van der Waals surface area (Å²) in [6, 6.07) is 4.68. The van der Waals surface area contributed by atoms with E-state index in [2.05, 4.69) is 20.9 Å². The number of likely N-dealkylation sites (N-methyl/N-ethyl adjacent to an activating group) is 1. The molecular formula is C24H35N5O6. The van der Waals surface area contributed by atoms with Crippen LogP contribution in [0, 0.1) is 5.92 Å². The highest BCUT2D eigenvalue weighted by Gasteiger charge is 2.50. The lowest BCUT2D eigenvalue weighted by Gasteiger charge is -2.42. The van der Waals surface area contributed by atoms with Crippen LogP contribution in [0.25, 0.3) is 10.9 Å². The number of hydrogen-bond donors (Lipinski definition) is 8. The molecule has 11 nitrogen and oxygen atoms in total. The van der Waals surface area contributed by atoms with E-state index in [9.17, 15) is 29.7 Å². The Morgan fingerprint density at radius 1 is 1.20 bits per heavy atom. The molecule has 9 N–H and O–H groups in total. The highest BCUT2D eigenvalue weighted by Crippen LogP contribution is 2.30. The topological polar surface area (TPSA) is 190 Å². The zero-order valence-electron chi connectivity index (χ0n) is 20.1. The molecule has 1 aromatic carbocycles. The summed E-state index contributed by atoms with van der Waals surface area (Å²) in [4.78, 5) is 41.0. The van der Waals surface area contributed by atoms with Crippen LogP contribution in [-0.2, 0) is 20.8 Å². The number of carbonyl (C=O) groups excluding carboxylic acids is 3. The number of aromatic nitrogens is 1. The summed E-state index contributed by atoms with van der Waals surface area (Å²) in [5.41, 5.74) is 5.02. The van der Waals surface area contributed by atoms with Gasteiger partial charge < -0.3 is 42.0 Å². The molecule has 2 aromatic rings. The third-order valence-corrected chi connectivity index (χ3v) is 6.67. The van der Waals surface area contributed by atoms with Gasteiger partial charge in [0.25, 0.3) is 5.91 Å². The van der Waals surface area contributed by atoms with Gasteiger partial charge in [-0.1, -0.05) is 32.0 Å². The summed E-state index contributed by atoms with van der Waals surface area (Å²) in [6.45, 7) is 3.68. The Balaban J connectivity index is 1.75. The van der Waals surface area contributed by atoms with Crippen LogP contribution >= 0.6 is 0 Å². The van der Waals surface area contributed by atoms with Crippen LogP contribution < -0.4 is 21.7 Å². The number of fused-ring (bicyclic) bond motifs is 1. The van der Waals surface area contributed by atoms with E-state index in [0.717, 1.165) is 16.5 Å². The Kier molecular flexibility index (Phi) is 8.16. The van der Waals surface area contributed by atoms with Gasteiger partial charge in [-0.2, -0.15) is 0 Å². The van der Waals surface area contributed by atoms with Gasteiger partial charge in [0.05, 0.1) is 18.2 Å². The van der Waals surface area contributed by atoms with Gasteiger partial charge in [-0.3, -0.25) is 14.4 Å². The Hall–Kier alpha value is -2.99. The molecular weight excluding hydrogens is 454 g/mol. The van der Waals surface area contributed by atoms with Crippen molar-refractivity contribution in [2.24, 2.45) is 11.7 Å². The lowest BCUT2D eigenvalue weighted by Crippen LogP contribution is -2.65. The van der Waals surface area contributed by atoms with Crippen LogP contribution in [0.5, 0.6) is 0 Å². The molecule has 0 radical (unpaired) electrons. The van der Waals surface area contributed by atoms with Gasteiger partial charge in [-0.25, -0.2) is 0 Å². The van der Waals surface area contributed by atoms with Crippen molar-refractivity contribution < 1.29 is 29.7 Å². The van der Waals surface area contributed by atoms with Crippen molar-refractivity contribution in [3.8, 4) is 0 Å². The SMILES string of the molecule is CNC(C(=O)NC1CC(O)(C(=O)NC(Cc2c[nH]c3ccccc23)C(N)=O)CC(O)C1O)C(C)C. The first-order chi connectivity index (χ1) is 16.5. The van der Waals surface area contributed by atoms with E-state index in [1.807, 2.05) is 38.1 Å². The van der Waals surface area contributed by atoms with Crippen molar-refractivity contribution in [3.63, 3.8) is 0 Å². The first kappa shape index (κ1) is 26.6. The molecule has 6 unspecified atom stereocenters. The average molecular weight is 490 g/mol. The molecule has 3 rings (SSSR count). The molecule has 1 fully saturated rings. The molecule has 1 aromatic heterocycles. The molecule has 6 atom stereocenters. The molecule has 1 heterocycles. The van der Waals surface area contributed by atoms with Gasteiger partial charge in [0, 0.05) is 36.4 Å². The van der Waals surface area contributed by atoms with Gasteiger partial charge in [0.15, 0.2) is 0 Å². The zero-order valence-corrected chi connectivity index (χ0v) is 20.1. The summed E-state index contributed by atoms with van der Waals surface area (Å²) >= 11 is 0. The molecule has 3 amide bonds. The van der Waals surface area contributed by atoms with Crippen LogP contribution in [-0.4, -0.2) is 81.0 Å². The normalized spacial score (nSPS) is 26.3. The third kappa shape index (κ3) is 5.81. The minimum atomic E-state index is -2.14. The molecule has 0 saturated heterocycles. The quantitative estimate of drug-likeness (QED) is 0.214. The maximum Gasteiger partial charge on any atom is 0.252 e. The maximum absolute atomic E-state index is 13.1. The fraction of sp³-hybridized carbons (Fsp3) is 0.542. The molecule has 0 aliphatic heterocycles. The Bertz CT molecular complexity index is 1070. The second-order valence-corrected chi connectivity index (χ2v) is 9.62. The maximum atomic E-state index is 13.1. The first-order valence-corrected chi connectivity index (χ1v) is 11.7. The smallest absolute Gasteiger partial charge is 0.252 e. The van der Waals surface area contributed by atoms with Gasteiger partial charge in [0.1, 0.15) is 17.7 Å². The Morgan fingerprint density at radius 3 is 2.51 bits per heavy atom. The van der Waals surface area contributed by atoms with E-state index in [-0.39, 0.29) is 18.8 Å². The van der Waals surface area contributed by atoms with Crippen molar-refractivity contribution >= 4 is 28.6 Å². The number of aliphatic hydroxyl groups is 3. The first-order valence-electron chi connectivity index (χ1n) is 11.7. The van der Waals surface area contributed by atoms with Crippen LogP contribution in [0.4, 0.5) is 0 Å². The van der Waals surface area contributed by atoms with Gasteiger partial charge in [0.2, 0.25) is 11.8 Å². The van der Waals surface area contributed by atoms with Crippen LogP contribution in [0.1, 0.15) is 32.3 Å². The standard InChI is InChI=1S/C24H35N5O6/c1-12(2)19(26-3)22(33)28-17-9-24(35,10-18(30)20(17)31)23(34)29-16(21(25)32)8-13-11-27-15-7-5-4-6-14(13)15/h4-7,11-12,16-20,26-27,30-31,35H,8-10H2,1-3H3,(H2,25,32)(H,28,33)(H,29,34). The van der Waals surface area contributed by atoms with Crippen molar-refractivity contribution in [1.29, 1.82) is 0 Å². The Labute approximate surface area is 203 Å². The van der Waals surface area contributed by atoms with E-state index >= 15 is 0 Å². The number of nitrogens with two attached hydrogens (primary N) is 1. The lowest BCUT2D eigenvalue weighted by molar-refractivity contribution is -0.161. The summed E-state index contributed by atoms with van der Waals surface area (Å²) in [5.74, 6) is -2.20. The summed E-state index contributed by atoms with van der Waals surface area (Å²) < 4.78 is 0. The van der Waals surface area contributed by atoms with E-state index in [4.69, 9.17) is 5.73 Å². The van der Waals surface area contributed by atoms with Crippen LogP contribution in [0.2, 0.25) is 0 Å². The number of rotatable bonds is 9. The fourth-order valence-corrected chi connectivity index (χ4v) is 4.70. The molecule has 0 spiro atoms. The highest BCUT2D eigenvalue weighted by atomic mass is 16.3. The van der Waals surface area contributed by atoms with E-state index in [1.165, 1.54) is 0 Å². The van der Waals surface area contributed by atoms with E-state index < -0.39 is 60.1 Å².